The van der Waals surface area contributed by atoms with Gasteiger partial charge in [0.25, 0.3) is 5.91 Å². The number of nitrogens with one attached hydrogen (secondary N) is 1. The molecule has 0 aromatic heterocycles. The number of amides is 1. The first-order chi connectivity index (χ1) is 23.6. The van der Waals surface area contributed by atoms with E-state index in [0.29, 0.717) is 5.69 Å². The van der Waals surface area contributed by atoms with Crippen LogP contribution < -0.4 is 25.4 Å². The summed E-state index contributed by atoms with van der Waals surface area (Å²) in [5, 5.41) is 59.6. The molecule has 2 radical (unpaired) electrons. The third-order valence-electron chi connectivity index (χ3n) is 5.74. The van der Waals surface area contributed by atoms with Crippen LogP contribution in [0.15, 0.2) is 127 Å². The van der Waals surface area contributed by atoms with Crippen LogP contribution in [0.3, 0.4) is 0 Å². The largest absolute Gasteiger partial charge is 3.00 e. The van der Waals surface area contributed by atoms with E-state index in [0.717, 1.165) is 6.07 Å². The van der Waals surface area contributed by atoms with Gasteiger partial charge in [0.15, 0.2) is 0 Å². The van der Waals surface area contributed by atoms with E-state index in [-0.39, 0.29) is 48.5 Å². The number of hydrogen-bond acceptors (Lipinski definition) is 8. The van der Waals surface area contributed by atoms with Crippen molar-refractivity contribution in [3.8, 4) is 23.0 Å². The quantitative estimate of drug-likeness (QED) is 0.169. The minimum atomic E-state index is -4.84. The van der Waals surface area contributed by atoms with E-state index < -0.39 is 53.2 Å². The molecule has 0 bridgehead atoms. The van der Waals surface area contributed by atoms with E-state index in [2.05, 4.69) is 10.1 Å². The molecule has 0 saturated heterocycles. The van der Waals surface area contributed by atoms with Gasteiger partial charge >= 0.3 is 50.5 Å². The van der Waals surface area contributed by atoms with E-state index in [1.807, 2.05) is 0 Å². The van der Waals surface area contributed by atoms with Crippen molar-refractivity contribution in [3.63, 3.8) is 0 Å². The van der Waals surface area contributed by atoms with Gasteiger partial charge in [-0.15, -0.1) is 13.2 Å². The number of benzene rings is 5. The standard InChI is InChI=1S/C14H10F3NO2.3C7H6O3.Bi/c15-14(16,17)20-12-9-5-4-8-11(12)13(19)18-10-6-2-1-3-7-10;3*8-6-4-2-1-3-5(6)7(9)10;/h1-9H,(H,18,19);3*1-4,8H,(H,9,10);/q;;;;+3/p-3. The third kappa shape index (κ3) is 15.3. The molecule has 51 heavy (non-hydrogen) atoms. The second-order valence-corrected chi connectivity index (χ2v) is 9.27. The Hall–Kier alpha value is -6.15. The van der Waals surface area contributed by atoms with E-state index in [4.69, 9.17) is 15.3 Å². The van der Waals surface area contributed by atoms with E-state index in [1.165, 1.54) is 91.0 Å². The fourth-order valence-corrected chi connectivity index (χ4v) is 3.52. The van der Waals surface area contributed by atoms with Gasteiger partial charge in [-0.3, -0.25) is 4.79 Å². The zero-order chi connectivity index (χ0) is 37.3. The minimum Gasteiger partial charge on any atom is -0.872 e. The molecule has 0 spiro atoms. The average Bonchev–Trinajstić information content (AvgIpc) is 3.06. The number of hydrogen-bond donors (Lipinski definition) is 4. The number of carboxylic acids is 3. The smallest absolute Gasteiger partial charge is 0.872 e. The SMILES string of the molecule is O=C(Nc1ccccc1)c1ccccc1OC(F)(F)F.O=C(O)c1ccccc1[O-].O=C(O)c1ccccc1[O-].O=C(O)c1ccccc1[O-].[Bi+3]. The maximum atomic E-state index is 12.3. The Labute approximate surface area is 306 Å². The molecule has 0 saturated carbocycles. The molecule has 12 nitrogen and oxygen atoms in total. The number of para-hydroxylation sites is 5. The number of carbonyl (C=O) groups excluding carboxylic acids is 1. The first-order valence-corrected chi connectivity index (χ1v) is 13.8. The molecule has 5 aromatic rings. The monoisotopic (exact) mass is 901 g/mol. The zero-order valence-corrected chi connectivity index (χ0v) is 29.3. The average molecular weight is 902 g/mol. The molecular weight excluding hydrogens is 876 g/mol. The van der Waals surface area contributed by atoms with Crippen LogP contribution in [0.1, 0.15) is 41.4 Å². The Morgan fingerprint density at radius 3 is 1.14 bits per heavy atom. The van der Waals surface area contributed by atoms with Crippen LogP contribution in [0, 0.1) is 0 Å². The van der Waals surface area contributed by atoms with Crippen molar-refractivity contribution < 1.29 is 67.7 Å². The summed E-state index contributed by atoms with van der Waals surface area (Å²) in [6, 6.07) is 30.2. The molecule has 5 aromatic carbocycles. The minimum absolute atomic E-state index is 0. The molecule has 0 heterocycles. The van der Waals surface area contributed by atoms with Crippen LogP contribution in [0.4, 0.5) is 18.9 Å². The summed E-state index contributed by atoms with van der Waals surface area (Å²) < 4.78 is 40.6. The molecule has 0 fully saturated rings. The van der Waals surface area contributed by atoms with Gasteiger partial charge in [-0.1, -0.05) is 102 Å². The molecule has 1 amide bonds. The summed E-state index contributed by atoms with van der Waals surface area (Å²) >= 11 is 0. The summed E-state index contributed by atoms with van der Waals surface area (Å²) in [5.41, 5.74) is -0.236. The first kappa shape index (κ1) is 42.9. The number of ether oxygens (including phenoxy) is 1. The van der Waals surface area contributed by atoms with Crippen molar-refractivity contribution in [2.45, 2.75) is 6.36 Å². The Kier molecular flexibility index (Phi) is 17.7. The van der Waals surface area contributed by atoms with Crippen LogP contribution in [0.25, 0.3) is 0 Å². The maximum Gasteiger partial charge on any atom is 3.00 e. The van der Waals surface area contributed by atoms with Crippen molar-refractivity contribution in [3.05, 3.63) is 150 Å². The van der Waals surface area contributed by atoms with Gasteiger partial charge in [-0.2, -0.15) is 0 Å². The molecule has 0 aliphatic carbocycles. The van der Waals surface area contributed by atoms with Crippen LogP contribution >= 0.6 is 0 Å². The number of anilines is 1. The number of carbonyl (C=O) groups is 4. The molecule has 0 atom stereocenters. The van der Waals surface area contributed by atoms with E-state index in [9.17, 15) is 47.7 Å². The Bertz CT molecular complexity index is 1770. The van der Waals surface area contributed by atoms with E-state index in [1.54, 1.807) is 30.3 Å². The summed E-state index contributed by atoms with van der Waals surface area (Å²) in [4.78, 5) is 42.6. The van der Waals surface area contributed by atoms with Crippen LogP contribution in [-0.4, -0.2) is 71.7 Å². The molecular formula is C35H25BiF3NO11. The van der Waals surface area contributed by atoms with Crippen LogP contribution in [0.5, 0.6) is 23.0 Å². The maximum absolute atomic E-state index is 12.3. The predicted molar refractivity (Wildman–Crippen MR) is 172 cm³/mol. The Morgan fingerprint density at radius 2 is 0.824 bits per heavy atom. The van der Waals surface area contributed by atoms with E-state index >= 15 is 0 Å². The van der Waals surface area contributed by atoms with Gasteiger partial charge in [-0.25, -0.2) is 14.4 Å². The summed E-state index contributed by atoms with van der Waals surface area (Å²) in [5.74, 6) is -6.08. The third-order valence-corrected chi connectivity index (χ3v) is 5.74. The molecule has 0 aliphatic rings. The van der Waals surface area contributed by atoms with Crippen molar-refractivity contribution in [1.29, 1.82) is 0 Å². The fraction of sp³-hybridized carbons (Fsp3) is 0.0286. The zero-order valence-electron chi connectivity index (χ0n) is 25.8. The Balaban J connectivity index is 0.000000359. The predicted octanol–water partition coefficient (Wildman–Crippen LogP) is 4.83. The number of aromatic carboxylic acids is 3. The van der Waals surface area contributed by atoms with Crippen molar-refractivity contribution in [2.75, 3.05) is 5.32 Å². The normalized spacial score (nSPS) is 9.71. The summed E-state index contributed by atoms with van der Waals surface area (Å²) in [7, 11) is 0. The molecule has 0 aliphatic heterocycles. The second kappa shape index (κ2) is 21.0. The van der Waals surface area contributed by atoms with Crippen LogP contribution in [-0.2, 0) is 0 Å². The van der Waals surface area contributed by atoms with Gasteiger partial charge in [0.05, 0.1) is 22.3 Å². The van der Waals surface area contributed by atoms with Gasteiger partial charge in [0, 0.05) is 5.69 Å². The first-order valence-electron chi connectivity index (χ1n) is 13.8. The van der Waals surface area contributed by atoms with Crippen molar-refractivity contribution in [1.82, 2.24) is 0 Å². The topological polar surface area (TPSA) is 219 Å². The number of rotatable bonds is 6. The molecule has 4 N–H and O–H groups in total. The van der Waals surface area contributed by atoms with Crippen molar-refractivity contribution >= 4 is 55.7 Å². The fourth-order valence-electron chi connectivity index (χ4n) is 3.52. The molecule has 0 unspecified atom stereocenters. The summed E-state index contributed by atoms with van der Waals surface area (Å²) in [6.07, 6.45) is -4.84. The van der Waals surface area contributed by atoms with Gasteiger partial charge in [0.2, 0.25) is 0 Å². The van der Waals surface area contributed by atoms with Crippen LogP contribution in [0.2, 0.25) is 0 Å². The Morgan fingerprint density at radius 1 is 0.510 bits per heavy atom. The van der Waals surface area contributed by atoms with Gasteiger partial charge < -0.3 is 40.7 Å². The number of halogens is 3. The number of alkyl halides is 3. The molecule has 262 valence electrons. The number of carboxylic acid groups (broad SMARTS) is 3. The van der Waals surface area contributed by atoms with Gasteiger partial charge in [0.1, 0.15) is 5.75 Å². The van der Waals surface area contributed by atoms with Gasteiger partial charge in [-0.05, 0) is 42.5 Å². The summed E-state index contributed by atoms with van der Waals surface area (Å²) in [6.45, 7) is 0. The molecule has 16 heteroatoms. The second-order valence-electron chi connectivity index (χ2n) is 9.27. The van der Waals surface area contributed by atoms with Crippen molar-refractivity contribution in [2.24, 2.45) is 0 Å². The molecule has 5 rings (SSSR count).